The van der Waals surface area contributed by atoms with Gasteiger partial charge < -0.3 is 28.6 Å². The first-order chi connectivity index (χ1) is 15.3. The summed E-state index contributed by atoms with van der Waals surface area (Å²) in [6.07, 6.45) is 2.80. The molecule has 1 aliphatic rings. The zero-order valence-corrected chi connectivity index (χ0v) is 19.2. The van der Waals surface area contributed by atoms with Gasteiger partial charge in [-0.05, 0) is 30.5 Å². The first kappa shape index (κ1) is 23.7. The zero-order valence-electron chi connectivity index (χ0n) is 18.4. The van der Waals surface area contributed by atoms with E-state index in [9.17, 15) is 13.2 Å². The molecule has 0 aliphatic carbocycles. The molecule has 3 rings (SSSR count). The van der Waals surface area contributed by atoms with Crippen LogP contribution in [0.15, 0.2) is 42.5 Å². The summed E-state index contributed by atoms with van der Waals surface area (Å²) in [5.74, 6) is 1.34. The number of ether oxygens (including phenoxy) is 3. The van der Waals surface area contributed by atoms with Crippen molar-refractivity contribution < 1.29 is 31.6 Å². The van der Waals surface area contributed by atoms with Crippen LogP contribution >= 0.6 is 0 Å². The molecule has 0 saturated carbocycles. The average molecular weight is 465 g/mol. The van der Waals surface area contributed by atoms with Crippen LogP contribution in [0, 0.1) is 0 Å². The topological polar surface area (TPSA) is 103 Å². The highest BCUT2D eigenvalue weighted by molar-refractivity contribution is 7.86. The Labute approximate surface area is 188 Å². The smallest absolute Gasteiger partial charge is 0.322 e. The van der Waals surface area contributed by atoms with E-state index in [1.165, 1.54) is 0 Å². The zero-order chi connectivity index (χ0) is 23.1. The summed E-state index contributed by atoms with van der Waals surface area (Å²) in [7, 11) is -0.514. The highest BCUT2D eigenvalue weighted by Gasteiger charge is 2.23. The third-order valence-electron chi connectivity index (χ3n) is 4.88. The number of nitrogens with one attached hydrogen (secondary N) is 1. The summed E-state index contributed by atoms with van der Waals surface area (Å²) in [5.41, 5.74) is 1.36. The molecule has 0 bridgehead atoms. The summed E-state index contributed by atoms with van der Waals surface area (Å²) in [4.78, 5) is 14.8. The Morgan fingerprint density at radius 3 is 2.28 bits per heavy atom. The molecule has 1 fully saturated rings. The second kappa shape index (κ2) is 10.6. The summed E-state index contributed by atoms with van der Waals surface area (Å²) in [6.45, 7) is 1.42. The van der Waals surface area contributed by atoms with Crippen molar-refractivity contribution in [2.24, 2.45) is 0 Å². The van der Waals surface area contributed by atoms with Gasteiger partial charge >= 0.3 is 16.1 Å². The number of nitrogens with zero attached hydrogens (tertiary/aromatic N) is 1. The molecule has 0 spiro atoms. The van der Waals surface area contributed by atoms with E-state index in [-0.39, 0.29) is 17.9 Å². The predicted octanol–water partition coefficient (Wildman–Crippen LogP) is 3.26. The Hall–Kier alpha value is -2.98. The second-order valence-electron chi connectivity index (χ2n) is 7.48. The van der Waals surface area contributed by atoms with E-state index in [1.54, 1.807) is 61.6 Å². The van der Waals surface area contributed by atoms with E-state index < -0.39 is 10.1 Å². The molecule has 10 heteroatoms. The summed E-state index contributed by atoms with van der Waals surface area (Å²) >= 11 is 0. The van der Waals surface area contributed by atoms with Crippen LogP contribution in [0.3, 0.4) is 0 Å². The van der Waals surface area contributed by atoms with Crippen LogP contribution in [0.4, 0.5) is 10.5 Å². The van der Waals surface area contributed by atoms with Gasteiger partial charge in [-0.3, -0.25) is 0 Å². The van der Waals surface area contributed by atoms with Crippen molar-refractivity contribution in [3.05, 3.63) is 48.0 Å². The van der Waals surface area contributed by atoms with Crippen LogP contribution in [0.1, 0.15) is 18.4 Å². The number of carbonyl (C=O) groups excluding carboxylic acids is 1. The SMILES string of the molecule is COc1cc(NC(=O)N(Cc2ccc(OS(C)(=O)=O)cc2)CC2CCCO2)cc(OC)c1. The van der Waals surface area contributed by atoms with Gasteiger partial charge in [0.2, 0.25) is 0 Å². The van der Waals surface area contributed by atoms with Gasteiger partial charge in [0.15, 0.2) is 0 Å². The molecule has 1 unspecified atom stereocenters. The molecule has 0 aromatic heterocycles. The lowest BCUT2D eigenvalue weighted by molar-refractivity contribution is 0.0819. The molecule has 1 N–H and O–H groups in total. The maximum Gasteiger partial charge on any atom is 0.322 e. The molecule has 32 heavy (non-hydrogen) atoms. The fraction of sp³-hybridized carbons (Fsp3) is 0.409. The fourth-order valence-electron chi connectivity index (χ4n) is 3.38. The molecule has 174 valence electrons. The molecule has 1 saturated heterocycles. The molecule has 1 aliphatic heterocycles. The number of carbonyl (C=O) groups is 1. The lowest BCUT2D eigenvalue weighted by atomic mass is 10.2. The summed E-state index contributed by atoms with van der Waals surface area (Å²) < 4.78 is 43.7. The first-order valence-corrected chi connectivity index (χ1v) is 12.0. The fourth-order valence-corrected chi connectivity index (χ4v) is 3.84. The molecule has 0 radical (unpaired) electrons. The highest BCUT2D eigenvalue weighted by Crippen LogP contribution is 2.26. The summed E-state index contributed by atoms with van der Waals surface area (Å²) in [6, 6.07) is 11.4. The number of hydrogen-bond donors (Lipinski definition) is 1. The molecular weight excluding hydrogens is 436 g/mol. The van der Waals surface area contributed by atoms with Gasteiger partial charge in [0.05, 0.1) is 26.6 Å². The van der Waals surface area contributed by atoms with E-state index in [4.69, 9.17) is 18.4 Å². The standard InChI is InChI=1S/C22H28N2O7S/c1-28-20-11-17(12-21(13-20)29-2)23-22(25)24(15-19-5-4-10-30-19)14-16-6-8-18(9-7-16)31-32(3,26)27/h6-9,11-13,19H,4-5,10,14-15H2,1-3H3,(H,23,25). The molecular formula is C22H28N2O7S. The Morgan fingerprint density at radius 1 is 1.09 bits per heavy atom. The minimum Gasteiger partial charge on any atom is -0.497 e. The van der Waals surface area contributed by atoms with Gasteiger partial charge in [-0.15, -0.1) is 0 Å². The second-order valence-corrected chi connectivity index (χ2v) is 9.05. The molecule has 2 amide bonds. The van der Waals surface area contributed by atoms with Gasteiger partial charge in [0.1, 0.15) is 17.2 Å². The van der Waals surface area contributed by atoms with Crippen molar-refractivity contribution >= 4 is 21.8 Å². The van der Waals surface area contributed by atoms with Crippen molar-refractivity contribution in [2.45, 2.75) is 25.5 Å². The molecule has 1 heterocycles. The lowest BCUT2D eigenvalue weighted by Gasteiger charge is -2.26. The van der Waals surface area contributed by atoms with Gasteiger partial charge in [-0.2, -0.15) is 8.42 Å². The number of rotatable bonds is 9. The quantitative estimate of drug-likeness (QED) is 0.568. The van der Waals surface area contributed by atoms with Crippen LogP contribution in [-0.4, -0.2) is 59.1 Å². The molecule has 2 aromatic rings. The first-order valence-electron chi connectivity index (χ1n) is 10.1. The maximum absolute atomic E-state index is 13.1. The Bertz CT molecular complexity index is 997. The Kier molecular flexibility index (Phi) is 7.81. The van der Waals surface area contributed by atoms with Crippen LogP contribution in [0.5, 0.6) is 17.2 Å². The van der Waals surface area contributed by atoms with E-state index in [0.29, 0.717) is 36.9 Å². The van der Waals surface area contributed by atoms with Gasteiger partial charge in [-0.1, -0.05) is 12.1 Å². The molecule has 9 nitrogen and oxygen atoms in total. The van der Waals surface area contributed by atoms with Crippen molar-refractivity contribution in [3.8, 4) is 17.2 Å². The third kappa shape index (κ3) is 7.03. The van der Waals surface area contributed by atoms with Gasteiger partial charge in [0, 0.05) is 43.6 Å². The Balaban J connectivity index is 1.75. The minimum absolute atomic E-state index is 0.0339. The van der Waals surface area contributed by atoms with Crippen LogP contribution in [-0.2, 0) is 21.4 Å². The minimum atomic E-state index is -3.60. The Morgan fingerprint density at radius 2 is 1.75 bits per heavy atom. The van der Waals surface area contributed by atoms with Crippen molar-refractivity contribution in [3.63, 3.8) is 0 Å². The van der Waals surface area contributed by atoms with Crippen LogP contribution < -0.4 is 19.0 Å². The third-order valence-corrected chi connectivity index (χ3v) is 5.38. The molecule has 1 atom stereocenters. The molecule has 2 aromatic carbocycles. The van der Waals surface area contributed by atoms with Crippen LogP contribution in [0.25, 0.3) is 0 Å². The predicted molar refractivity (Wildman–Crippen MR) is 120 cm³/mol. The normalized spacial score (nSPS) is 15.8. The number of benzene rings is 2. The van der Waals surface area contributed by atoms with E-state index >= 15 is 0 Å². The maximum atomic E-state index is 13.1. The van der Waals surface area contributed by atoms with Crippen LogP contribution in [0.2, 0.25) is 0 Å². The van der Waals surface area contributed by atoms with E-state index in [1.807, 2.05) is 0 Å². The number of anilines is 1. The van der Waals surface area contributed by atoms with Crippen molar-refractivity contribution in [1.82, 2.24) is 4.90 Å². The average Bonchev–Trinajstić information content (AvgIpc) is 3.26. The number of urea groups is 1. The largest absolute Gasteiger partial charge is 0.497 e. The number of hydrogen-bond acceptors (Lipinski definition) is 7. The monoisotopic (exact) mass is 464 g/mol. The van der Waals surface area contributed by atoms with Gasteiger partial charge in [0.25, 0.3) is 0 Å². The number of methoxy groups -OCH3 is 2. The highest BCUT2D eigenvalue weighted by atomic mass is 32.2. The lowest BCUT2D eigenvalue weighted by Crippen LogP contribution is -2.39. The summed E-state index contributed by atoms with van der Waals surface area (Å²) in [5, 5.41) is 2.90. The number of amides is 2. The van der Waals surface area contributed by atoms with Gasteiger partial charge in [-0.25, -0.2) is 4.79 Å². The van der Waals surface area contributed by atoms with Crippen molar-refractivity contribution in [1.29, 1.82) is 0 Å². The van der Waals surface area contributed by atoms with E-state index in [0.717, 1.165) is 24.7 Å². The van der Waals surface area contributed by atoms with E-state index in [2.05, 4.69) is 5.32 Å². The van der Waals surface area contributed by atoms with Crippen molar-refractivity contribution in [2.75, 3.05) is 38.9 Å².